The van der Waals surface area contributed by atoms with Crippen LogP contribution in [0.25, 0.3) is 0 Å². The third-order valence-electron chi connectivity index (χ3n) is 2.65. The van der Waals surface area contributed by atoms with Crippen LogP contribution < -0.4 is 5.43 Å². The Hall–Kier alpha value is -0.611. The summed E-state index contributed by atoms with van der Waals surface area (Å²) in [6, 6.07) is 3.01. The molecule has 2 saturated carbocycles. The first-order chi connectivity index (χ1) is 11.2. The summed E-state index contributed by atoms with van der Waals surface area (Å²) in [4.78, 5) is 15.6. The largest absolute Gasteiger partial charge is 2.00 e. The monoisotopic (exact) mass is 401 g/mol. The topological polar surface area (TPSA) is 54.4 Å². The van der Waals surface area contributed by atoms with Crippen LogP contribution in [-0.2, 0) is 17.1 Å². The van der Waals surface area contributed by atoms with Crippen molar-refractivity contribution < 1.29 is 21.9 Å². The number of hydrogen-bond acceptors (Lipinski definition) is 3. The Labute approximate surface area is 164 Å². The van der Waals surface area contributed by atoms with Crippen LogP contribution in [0.4, 0.5) is 0 Å². The van der Waals surface area contributed by atoms with E-state index >= 15 is 0 Å². The second-order valence-corrected chi connectivity index (χ2v) is 5.14. The average Bonchev–Trinajstić information content (AvgIpc) is 3.25. The molecule has 0 spiro atoms. The number of aromatic nitrogens is 1. The fourth-order valence-electron chi connectivity index (χ4n) is 1.59. The summed E-state index contributed by atoms with van der Waals surface area (Å²) in [6.45, 7) is 0. The summed E-state index contributed by atoms with van der Waals surface area (Å²) in [5.41, 5.74) is 2.38. The van der Waals surface area contributed by atoms with Crippen molar-refractivity contribution in [1.82, 2.24) is 10.4 Å². The number of hydrogen-bond donors (Lipinski definition) is 1. The molecule has 0 unspecified atom stereocenters. The van der Waals surface area contributed by atoms with Gasteiger partial charge in [-0.25, -0.2) is 10.4 Å². The second kappa shape index (κ2) is 11.9. The van der Waals surface area contributed by atoms with Crippen molar-refractivity contribution in [1.29, 1.82) is 0 Å². The molecule has 0 aliphatic heterocycles. The Kier molecular flexibility index (Phi) is 10.6. The number of nitrogens with one attached hydrogen (secondary N) is 1. The summed E-state index contributed by atoms with van der Waals surface area (Å²) in [7, 11) is 0. The second-order valence-electron chi connectivity index (χ2n) is 4.34. The SMILES string of the molecule is O=C(N/N=C/[C]1[CH][CH][CH][CH]1)c1nc(Cl)ccc1Cl.[CH]1[CH][CH][CH][CH]1.[Fe+2]. The van der Waals surface area contributed by atoms with Gasteiger partial charge in [-0.2, -0.15) is 5.10 Å². The van der Waals surface area contributed by atoms with Crippen LogP contribution in [0.1, 0.15) is 10.5 Å². The van der Waals surface area contributed by atoms with Crippen molar-refractivity contribution in [2.24, 2.45) is 5.10 Å². The van der Waals surface area contributed by atoms with Crippen LogP contribution in [0.5, 0.6) is 0 Å². The van der Waals surface area contributed by atoms with Crippen molar-refractivity contribution >= 4 is 35.3 Å². The molecular formula is C17H13Cl2FeN3O+2. The molecule has 4 nitrogen and oxygen atoms in total. The molecule has 2 aliphatic rings. The van der Waals surface area contributed by atoms with Gasteiger partial charge >= 0.3 is 17.1 Å². The summed E-state index contributed by atoms with van der Waals surface area (Å²) in [6.07, 6.45) is 19.0. The molecule has 24 heavy (non-hydrogen) atoms. The van der Waals surface area contributed by atoms with Gasteiger partial charge in [0.1, 0.15) is 10.8 Å². The molecule has 1 heterocycles. The van der Waals surface area contributed by atoms with E-state index in [4.69, 9.17) is 23.2 Å². The molecule has 2 aliphatic carbocycles. The smallest absolute Gasteiger partial charge is 0.265 e. The Bertz CT molecular complexity index is 537. The first-order valence-corrected chi connectivity index (χ1v) is 7.46. The Balaban J connectivity index is 0.000000412. The number of carbonyl (C=O) groups is 1. The van der Waals surface area contributed by atoms with E-state index < -0.39 is 5.91 Å². The summed E-state index contributed by atoms with van der Waals surface area (Å²) in [5, 5.41) is 4.22. The number of carbonyl (C=O) groups excluding carboxylic acids is 1. The van der Waals surface area contributed by atoms with Crippen LogP contribution in [-0.4, -0.2) is 17.1 Å². The maximum atomic E-state index is 11.7. The minimum atomic E-state index is -0.509. The molecule has 2 fully saturated rings. The van der Waals surface area contributed by atoms with Gasteiger partial charge in [0.2, 0.25) is 0 Å². The Morgan fingerprint density at radius 3 is 2.17 bits per heavy atom. The molecule has 0 bridgehead atoms. The van der Waals surface area contributed by atoms with Gasteiger partial charge in [0.05, 0.1) is 5.02 Å². The van der Waals surface area contributed by atoms with Gasteiger partial charge in [0.15, 0.2) is 0 Å². The minimum Gasteiger partial charge on any atom is -0.265 e. The van der Waals surface area contributed by atoms with E-state index in [1.54, 1.807) is 0 Å². The number of rotatable bonds is 3. The predicted octanol–water partition coefficient (Wildman–Crippen LogP) is 3.53. The molecule has 1 aromatic heterocycles. The molecule has 0 atom stereocenters. The third kappa shape index (κ3) is 7.52. The first kappa shape index (κ1) is 21.4. The molecule has 122 valence electrons. The van der Waals surface area contributed by atoms with Crippen molar-refractivity contribution in [3.8, 4) is 0 Å². The van der Waals surface area contributed by atoms with Gasteiger partial charge in [-0.1, -0.05) is 23.2 Å². The zero-order valence-corrected chi connectivity index (χ0v) is 15.0. The van der Waals surface area contributed by atoms with Gasteiger partial charge in [0.25, 0.3) is 5.91 Å². The fraction of sp³-hybridized carbons (Fsp3) is 0. The van der Waals surface area contributed by atoms with Crippen LogP contribution >= 0.6 is 23.2 Å². The van der Waals surface area contributed by atoms with E-state index in [0.29, 0.717) is 0 Å². The van der Waals surface area contributed by atoms with Crippen LogP contribution in [0, 0.1) is 63.7 Å². The summed E-state index contributed by atoms with van der Waals surface area (Å²) in [5.74, 6) is 0.380. The normalized spacial score (nSPS) is 17.2. The van der Waals surface area contributed by atoms with E-state index in [1.165, 1.54) is 18.3 Å². The maximum Gasteiger partial charge on any atom is 2.00 e. The minimum absolute atomic E-state index is 0. The zero-order chi connectivity index (χ0) is 16.5. The van der Waals surface area contributed by atoms with E-state index in [9.17, 15) is 4.79 Å². The predicted molar refractivity (Wildman–Crippen MR) is 92.2 cm³/mol. The zero-order valence-electron chi connectivity index (χ0n) is 12.3. The first-order valence-electron chi connectivity index (χ1n) is 6.70. The van der Waals surface area contributed by atoms with E-state index in [1.807, 2.05) is 57.8 Å². The molecule has 3 rings (SSSR count). The number of hydrazone groups is 1. The fourth-order valence-corrected chi connectivity index (χ4v) is 1.93. The van der Waals surface area contributed by atoms with Crippen LogP contribution in [0.15, 0.2) is 17.2 Å². The molecule has 1 amide bonds. The number of pyridine rings is 1. The average molecular weight is 402 g/mol. The Morgan fingerprint density at radius 2 is 1.58 bits per heavy atom. The van der Waals surface area contributed by atoms with Crippen molar-refractivity contribution in [2.75, 3.05) is 0 Å². The third-order valence-corrected chi connectivity index (χ3v) is 3.17. The summed E-state index contributed by atoms with van der Waals surface area (Å²) < 4.78 is 0. The molecule has 1 N–H and O–H groups in total. The van der Waals surface area contributed by atoms with Crippen molar-refractivity contribution in [3.05, 3.63) is 91.7 Å². The number of halogens is 2. The van der Waals surface area contributed by atoms with Gasteiger partial charge < -0.3 is 0 Å². The van der Waals surface area contributed by atoms with Crippen LogP contribution in [0.3, 0.4) is 0 Å². The molecular weight excluding hydrogens is 389 g/mol. The van der Waals surface area contributed by atoms with E-state index in [2.05, 4.69) is 15.5 Å². The van der Waals surface area contributed by atoms with E-state index in [0.717, 1.165) is 5.92 Å². The quantitative estimate of drug-likeness (QED) is 0.364. The molecule has 7 heteroatoms. The maximum absolute atomic E-state index is 11.7. The van der Waals surface area contributed by atoms with Gasteiger partial charge in [-0.05, 0) is 69.9 Å². The van der Waals surface area contributed by atoms with Gasteiger partial charge in [-0.15, -0.1) is 0 Å². The standard InChI is InChI=1S/C12H8Cl2N3O.C5H5.Fe/c13-9-5-6-10(14)16-11(9)12(18)17-15-7-8-3-1-2-4-8;1-2-4-5-3-1;/h1-7H,(H,17,18);1-5H;/q;;+2/b15-7+;;. The molecule has 0 saturated heterocycles. The van der Waals surface area contributed by atoms with Crippen molar-refractivity contribution in [2.45, 2.75) is 0 Å². The number of nitrogens with zero attached hydrogens (tertiary/aromatic N) is 2. The van der Waals surface area contributed by atoms with E-state index in [-0.39, 0.29) is 32.9 Å². The molecule has 1 aromatic rings. The Morgan fingerprint density at radius 1 is 1.00 bits per heavy atom. The summed E-state index contributed by atoms with van der Waals surface area (Å²) >= 11 is 11.5. The molecule has 10 radical (unpaired) electrons. The van der Waals surface area contributed by atoms with Gasteiger partial charge in [0, 0.05) is 12.1 Å². The number of amides is 1. The van der Waals surface area contributed by atoms with Crippen molar-refractivity contribution in [3.63, 3.8) is 0 Å². The van der Waals surface area contributed by atoms with Gasteiger partial charge in [-0.3, -0.25) is 4.79 Å². The van der Waals surface area contributed by atoms with Crippen LogP contribution in [0.2, 0.25) is 10.2 Å². The molecule has 0 aromatic carbocycles.